The van der Waals surface area contributed by atoms with E-state index in [2.05, 4.69) is 44.6 Å². The lowest BCUT2D eigenvalue weighted by atomic mass is 10.0. The van der Waals surface area contributed by atoms with Crippen LogP contribution in [0, 0.1) is 0 Å². The summed E-state index contributed by atoms with van der Waals surface area (Å²) in [4.78, 5) is 7.18. The Labute approximate surface area is 133 Å². The van der Waals surface area contributed by atoms with Gasteiger partial charge in [-0.05, 0) is 45.7 Å². The van der Waals surface area contributed by atoms with Crippen LogP contribution in [-0.4, -0.2) is 53.3 Å². The zero-order valence-electron chi connectivity index (χ0n) is 13.9. The topological polar surface area (TPSA) is 68.3 Å². The molecular formula is C16H30N6. The van der Waals surface area contributed by atoms with Crippen LogP contribution in [0.15, 0.2) is 17.3 Å². The second-order valence-corrected chi connectivity index (χ2v) is 5.94. The molecule has 2 heterocycles. The van der Waals surface area contributed by atoms with Crippen LogP contribution in [0.25, 0.3) is 0 Å². The highest BCUT2D eigenvalue weighted by Crippen LogP contribution is 2.15. The van der Waals surface area contributed by atoms with E-state index in [0.29, 0.717) is 6.54 Å². The number of piperidine rings is 1. The number of hydrogen-bond donors (Lipinski definition) is 3. The van der Waals surface area contributed by atoms with Gasteiger partial charge in [0.15, 0.2) is 5.96 Å². The van der Waals surface area contributed by atoms with Gasteiger partial charge in [0.1, 0.15) is 0 Å². The van der Waals surface area contributed by atoms with E-state index < -0.39 is 0 Å². The van der Waals surface area contributed by atoms with E-state index in [1.165, 1.54) is 32.4 Å². The Kier molecular flexibility index (Phi) is 7.22. The molecule has 0 radical (unpaired) electrons. The second-order valence-electron chi connectivity index (χ2n) is 5.94. The van der Waals surface area contributed by atoms with Crippen molar-refractivity contribution in [2.24, 2.45) is 4.99 Å². The summed E-state index contributed by atoms with van der Waals surface area (Å²) >= 11 is 0. The maximum atomic E-state index is 4.56. The Morgan fingerprint density at radius 3 is 3.09 bits per heavy atom. The Hall–Kier alpha value is -1.56. The van der Waals surface area contributed by atoms with Gasteiger partial charge < -0.3 is 15.5 Å². The van der Waals surface area contributed by atoms with Gasteiger partial charge in [-0.25, -0.2) is 4.99 Å². The van der Waals surface area contributed by atoms with Crippen molar-refractivity contribution in [1.82, 2.24) is 25.7 Å². The summed E-state index contributed by atoms with van der Waals surface area (Å²) in [5, 5.41) is 13.6. The van der Waals surface area contributed by atoms with Crippen LogP contribution in [-0.2, 0) is 6.54 Å². The molecule has 1 aliphatic rings. The molecule has 1 aromatic rings. The van der Waals surface area contributed by atoms with Crippen LogP contribution in [0.5, 0.6) is 0 Å². The first-order valence-corrected chi connectivity index (χ1v) is 8.54. The minimum atomic E-state index is 0.624. The number of guanidine groups is 1. The number of nitrogens with one attached hydrogen (secondary N) is 3. The Balaban J connectivity index is 1.68. The summed E-state index contributed by atoms with van der Waals surface area (Å²) in [6, 6.07) is 2.70. The number of H-pyrrole nitrogens is 1. The minimum Gasteiger partial charge on any atom is -0.357 e. The summed E-state index contributed by atoms with van der Waals surface area (Å²) < 4.78 is 0. The predicted molar refractivity (Wildman–Crippen MR) is 90.9 cm³/mol. The lowest BCUT2D eigenvalue weighted by Gasteiger charge is -2.33. The van der Waals surface area contributed by atoms with Crippen molar-refractivity contribution in [2.75, 3.05) is 26.2 Å². The molecule has 124 valence electrons. The average Bonchev–Trinajstić information content (AvgIpc) is 3.04. The maximum absolute atomic E-state index is 4.56. The summed E-state index contributed by atoms with van der Waals surface area (Å²) in [5.41, 5.74) is 1.03. The van der Waals surface area contributed by atoms with Gasteiger partial charge in [-0.1, -0.05) is 6.42 Å². The number of likely N-dealkylation sites (tertiary alicyclic amines) is 1. The molecule has 1 aromatic heterocycles. The van der Waals surface area contributed by atoms with Crippen LogP contribution >= 0.6 is 0 Å². The molecule has 3 N–H and O–H groups in total. The highest BCUT2D eigenvalue weighted by Gasteiger charge is 2.16. The van der Waals surface area contributed by atoms with Crippen LogP contribution in [0.3, 0.4) is 0 Å². The molecule has 1 saturated heterocycles. The third-order valence-electron chi connectivity index (χ3n) is 4.17. The van der Waals surface area contributed by atoms with E-state index in [0.717, 1.165) is 37.2 Å². The summed E-state index contributed by atoms with van der Waals surface area (Å²) in [6.45, 7) is 9.32. The smallest absolute Gasteiger partial charge is 0.191 e. The molecule has 0 aliphatic carbocycles. The molecule has 0 amide bonds. The molecule has 1 aliphatic heterocycles. The quantitative estimate of drug-likeness (QED) is 0.408. The highest BCUT2D eigenvalue weighted by atomic mass is 15.2. The number of aliphatic imine (C=N–C) groups is 1. The molecule has 1 atom stereocenters. The van der Waals surface area contributed by atoms with Crippen molar-refractivity contribution in [3.63, 3.8) is 0 Å². The first-order valence-electron chi connectivity index (χ1n) is 8.54. The Morgan fingerprint density at radius 2 is 2.36 bits per heavy atom. The maximum Gasteiger partial charge on any atom is 0.191 e. The minimum absolute atomic E-state index is 0.624. The van der Waals surface area contributed by atoms with Gasteiger partial charge >= 0.3 is 0 Å². The lowest BCUT2D eigenvalue weighted by Crippen LogP contribution is -2.41. The van der Waals surface area contributed by atoms with Gasteiger partial charge in [-0.15, -0.1) is 0 Å². The van der Waals surface area contributed by atoms with Crippen molar-refractivity contribution in [3.05, 3.63) is 18.0 Å². The van der Waals surface area contributed by atoms with Crippen LogP contribution < -0.4 is 10.6 Å². The van der Waals surface area contributed by atoms with E-state index >= 15 is 0 Å². The van der Waals surface area contributed by atoms with Crippen molar-refractivity contribution >= 4 is 5.96 Å². The van der Waals surface area contributed by atoms with Gasteiger partial charge in [0.2, 0.25) is 0 Å². The van der Waals surface area contributed by atoms with E-state index in [9.17, 15) is 0 Å². The number of aromatic amines is 1. The third-order valence-corrected chi connectivity index (χ3v) is 4.17. The molecule has 0 aromatic carbocycles. The lowest BCUT2D eigenvalue weighted by molar-refractivity contribution is 0.159. The van der Waals surface area contributed by atoms with Crippen molar-refractivity contribution < 1.29 is 0 Å². The number of nitrogens with zero attached hydrogens (tertiary/aromatic N) is 3. The number of hydrogen-bond acceptors (Lipinski definition) is 3. The third kappa shape index (κ3) is 5.67. The second kappa shape index (κ2) is 9.46. The molecule has 1 fully saturated rings. The van der Waals surface area contributed by atoms with Crippen LogP contribution in [0.4, 0.5) is 0 Å². The first kappa shape index (κ1) is 16.8. The van der Waals surface area contributed by atoms with Gasteiger partial charge in [0, 0.05) is 31.9 Å². The van der Waals surface area contributed by atoms with Gasteiger partial charge in [-0.3, -0.25) is 5.10 Å². The fourth-order valence-electron chi connectivity index (χ4n) is 2.86. The van der Waals surface area contributed by atoms with Gasteiger partial charge in [0.25, 0.3) is 0 Å². The number of rotatable bonds is 7. The Morgan fingerprint density at radius 1 is 1.45 bits per heavy atom. The highest BCUT2D eigenvalue weighted by molar-refractivity contribution is 5.79. The average molecular weight is 306 g/mol. The molecule has 1 unspecified atom stereocenters. The van der Waals surface area contributed by atoms with E-state index in [-0.39, 0.29) is 0 Å². The summed E-state index contributed by atoms with van der Waals surface area (Å²) in [5.74, 6) is 0.879. The Bertz CT molecular complexity index is 428. The molecule has 6 heteroatoms. The largest absolute Gasteiger partial charge is 0.357 e. The van der Waals surface area contributed by atoms with Gasteiger partial charge in [0.05, 0.1) is 12.2 Å². The number of aromatic nitrogens is 2. The molecule has 0 saturated carbocycles. The molecule has 0 bridgehead atoms. The predicted octanol–water partition coefficient (Wildman–Crippen LogP) is 1.73. The first-order chi connectivity index (χ1) is 10.8. The molecular weight excluding hydrogens is 276 g/mol. The van der Waals surface area contributed by atoms with Crippen LogP contribution in [0.1, 0.15) is 45.2 Å². The summed E-state index contributed by atoms with van der Waals surface area (Å²) in [6.07, 6.45) is 7.00. The van der Waals surface area contributed by atoms with Crippen molar-refractivity contribution in [2.45, 2.75) is 52.1 Å². The standard InChI is InChI=1S/C16H30N6/c1-3-17-16(19-13-15-8-10-20-21-15)18-9-6-12-22-11-5-4-7-14(22)2/h8,10,14H,3-7,9,11-13H2,1-2H3,(H,20,21)(H2,17,18,19). The van der Waals surface area contributed by atoms with Crippen molar-refractivity contribution in [1.29, 1.82) is 0 Å². The van der Waals surface area contributed by atoms with E-state index in [1.807, 2.05) is 6.07 Å². The SMILES string of the molecule is CCNC(=NCc1ccn[nH]1)NCCCN1CCCCC1C. The van der Waals surface area contributed by atoms with E-state index in [4.69, 9.17) is 0 Å². The monoisotopic (exact) mass is 306 g/mol. The molecule has 2 rings (SSSR count). The zero-order valence-corrected chi connectivity index (χ0v) is 13.9. The molecule has 22 heavy (non-hydrogen) atoms. The summed E-state index contributed by atoms with van der Waals surface area (Å²) in [7, 11) is 0. The van der Waals surface area contributed by atoms with Crippen LogP contribution in [0.2, 0.25) is 0 Å². The van der Waals surface area contributed by atoms with Gasteiger partial charge in [-0.2, -0.15) is 5.10 Å². The molecule has 6 nitrogen and oxygen atoms in total. The molecule has 0 spiro atoms. The van der Waals surface area contributed by atoms with Crippen molar-refractivity contribution in [3.8, 4) is 0 Å². The fourth-order valence-corrected chi connectivity index (χ4v) is 2.86. The van der Waals surface area contributed by atoms with E-state index in [1.54, 1.807) is 6.20 Å². The fraction of sp³-hybridized carbons (Fsp3) is 0.750. The normalized spacial score (nSPS) is 20.1. The zero-order chi connectivity index (χ0) is 15.6.